The molecule has 2 aromatic carbocycles. The van der Waals surface area contributed by atoms with Gasteiger partial charge in [-0.1, -0.05) is 25.1 Å². The molecule has 1 atom stereocenters. The molecule has 136 valence electrons. The third-order valence-electron chi connectivity index (χ3n) is 4.14. The maximum absolute atomic E-state index is 12.1. The Labute approximate surface area is 156 Å². The fraction of sp³-hybridized carbons (Fsp3) is 0.300. The van der Waals surface area contributed by atoms with Crippen molar-refractivity contribution in [1.29, 1.82) is 0 Å². The number of anilines is 1. The van der Waals surface area contributed by atoms with Crippen LogP contribution in [0.3, 0.4) is 0 Å². The van der Waals surface area contributed by atoms with E-state index in [-0.39, 0.29) is 12.2 Å². The normalized spacial score (nSPS) is 16.5. The monoisotopic (exact) mass is 370 g/mol. The third kappa shape index (κ3) is 3.71. The topological polar surface area (TPSA) is 58.6 Å². The number of fused-ring (bicyclic) bond motifs is 3. The van der Waals surface area contributed by atoms with E-state index >= 15 is 0 Å². The van der Waals surface area contributed by atoms with E-state index in [4.69, 9.17) is 4.74 Å². The van der Waals surface area contributed by atoms with Gasteiger partial charge in [-0.2, -0.15) is 0 Å². The molecule has 1 aromatic heterocycles. The lowest BCUT2D eigenvalue weighted by Gasteiger charge is -2.13. The highest BCUT2D eigenvalue weighted by atomic mass is 32.1. The van der Waals surface area contributed by atoms with Crippen LogP contribution >= 0.6 is 11.3 Å². The molecular formula is C20H22N2O3S. The van der Waals surface area contributed by atoms with Crippen LogP contribution in [0.25, 0.3) is 20.2 Å². The second-order valence-electron chi connectivity index (χ2n) is 6.03. The van der Waals surface area contributed by atoms with Crippen LogP contribution in [-0.4, -0.2) is 38.6 Å². The smallest absolute Gasteiger partial charge is 0.414 e. The number of benzene rings is 2. The van der Waals surface area contributed by atoms with Crippen molar-refractivity contribution in [1.82, 2.24) is 5.32 Å². The van der Waals surface area contributed by atoms with E-state index in [1.54, 1.807) is 16.2 Å². The highest BCUT2D eigenvalue weighted by Crippen LogP contribution is 2.36. The first-order valence-electron chi connectivity index (χ1n) is 8.65. The van der Waals surface area contributed by atoms with Crippen molar-refractivity contribution in [2.45, 2.75) is 19.4 Å². The molecule has 0 spiro atoms. The highest BCUT2D eigenvalue weighted by Gasteiger charge is 2.31. The Morgan fingerprint density at radius 3 is 2.69 bits per heavy atom. The SMILES string of the molecule is CCC=O.CNCC1CN(c2ccc3sc4ccccc4c3c2)C(=O)O1. The summed E-state index contributed by atoms with van der Waals surface area (Å²) in [6.07, 6.45) is 1.16. The van der Waals surface area contributed by atoms with Crippen molar-refractivity contribution in [2.75, 3.05) is 25.0 Å². The third-order valence-corrected chi connectivity index (χ3v) is 5.30. The first kappa shape index (κ1) is 18.4. The standard InChI is InChI=1S/C17H16N2O2S.C3H6O/c1-18-9-12-10-19(17(20)21-12)11-6-7-16-14(8-11)13-4-2-3-5-15(13)22-16;1-2-3-4/h2-8,12,18H,9-10H2,1H3;3H,2H2,1H3. The summed E-state index contributed by atoms with van der Waals surface area (Å²) in [6.45, 7) is 3.08. The van der Waals surface area contributed by atoms with Gasteiger partial charge in [0.1, 0.15) is 12.4 Å². The van der Waals surface area contributed by atoms with Crippen molar-refractivity contribution in [3.05, 3.63) is 42.5 Å². The van der Waals surface area contributed by atoms with Gasteiger partial charge in [0.25, 0.3) is 0 Å². The molecule has 1 saturated heterocycles. The molecule has 1 aliphatic rings. The number of thiophene rings is 1. The van der Waals surface area contributed by atoms with Gasteiger partial charge >= 0.3 is 6.09 Å². The van der Waals surface area contributed by atoms with Gasteiger partial charge in [0, 0.05) is 38.8 Å². The summed E-state index contributed by atoms with van der Waals surface area (Å²) >= 11 is 1.78. The van der Waals surface area contributed by atoms with E-state index in [0.29, 0.717) is 19.5 Å². The number of aldehydes is 1. The Balaban J connectivity index is 0.000000447. The molecule has 26 heavy (non-hydrogen) atoms. The average molecular weight is 370 g/mol. The maximum Gasteiger partial charge on any atom is 0.414 e. The Hall–Kier alpha value is -2.44. The van der Waals surface area contributed by atoms with Gasteiger partial charge in [0.2, 0.25) is 0 Å². The number of cyclic esters (lactones) is 1. The largest absolute Gasteiger partial charge is 0.443 e. The van der Waals surface area contributed by atoms with Crippen LogP contribution in [0.2, 0.25) is 0 Å². The van der Waals surface area contributed by atoms with Gasteiger partial charge in [-0.3, -0.25) is 4.90 Å². The molecule has 1 aliphatic heterocycles. The number of nitrogens with one attached hydrogen (secondary N) is 1. The van der Waals surface area contributed by atoms with E-state index < -0.39 is 0 Å². The summed E-state index contributed by atoms with van der Waals surface area (Å²) in [5.74, 6) is 0. The highest BCUT2D eigenvalue weighted by molar-refractivity contribution is 7.25. The van der Waals surface area contributed by atoms with Gasteiger partial charge in [0.15, 0.2) is 0 Å². The summed E-state index contributed by atoms with van der Waals surface area (Å²) < 4.78 is 7.89. The van der Waals surface area contributed by atoms with Crippen LogP contribution in [0, 0.1) is 0 Å². The molecule has 6 heteroatoms. The molecule has 4 rings (SSSR count). The predicted octanol–water partition coefficient (Wildman–Crippen LogP) is 4.19. The average Bonchev–Trinajstić information content (AvgIpc) is 3.22. The first-order valence-corrected chi connectivity index (χ1v) is 9.47. The van der Waals surface area contributed by atoms with Gasteiger partial charge in [0.05, 0.1) is 6.54 Å². The van der Waals surface area contributed by atoms with Gasteiger partial charge < -0.3 is 14.8 Å². The minimum Gasteiger partial charge on any atom is -0.443 e. The van der Waals surface area contributed by atoms with Gasteiger partial charge in [-0.15, -0.1) is 11.3 Å². The number of carbonyl (C=O) groups is 2. The van der Waals surface area contributed by atoms with Crippen molar-refractivity contribution < 1.29 is 14.3 Å². The second-order valence-corrected chi connectivity index (χ2v) is 7.11. The number of hydrogen-bond acceptors (Lipinski definition) is 5. The number of likely N-dealkylation sites (N-methyl/N-ethyl adjacent to an activating group) is 1. The van der Waals surface area contributed by atoms with Crippen molar-refractivity contribution in [3.63, 3.8) is 0 Å². The Morgan fingerprint density at radius 1 is 1.23 bits per heavy atom. The van der Waals surface area contributed by atoms with Crippen LogP contribution < -0.4 is 10.2 Å². The second kappa shape index (κ2) is 8.29. The molecule has 0 radical (unpaired) electrons. The van der Waals surface area contributed by atoms with Crippen LogP contribution in [0.15, 0.2) is 42.5 Å². The number of nitrogens with zero attached hydrogens (tertiary/aromatic N) is 1. The Bertz CT molecular complexity index is 922. The minimum atomic E-state index is -0.265. The maximum atomic E-state index is 12.1. The zero-order chi connectivity index (χ0) is 18.5. The van der Waals surface area contributed by atoms with E-state index in [1.807, 2.05) is 26.1 Å². The number of ether oxygens (including phenoxy) is 1. The van der Waals surface area contributed by atoms with E-state index in [2.05, 4.69) is 35.6 Å². The summed E-state index contributed by atoms with van der Waals surface area (Å²) in [6, 6.07) is 14.6. The number of hydrogen-bond donors (Lipinski definition) is 1. The lowest BCUT2D eigenvalue weighted by molar-refractivity contribution is -0.107. The molecule has 3 aromatic rings. The summed E-state index contributed by atoms with van der Waals surface area (Å²) in [7, 11) is 1.86. The van der Waals surface area contributed by atoms with Crippen molar-refractivity contribution in [2.24, 2.45) is 0 Å². The molecule has 5 nitrogen and oxygen atoms in total. The number of rotatable bonds is 4. The summed E-state index contributed by atoms with van der Waals surface area (Å²) in [5, 5.41) is 5.49. The van der Waals surface area contributed by atoms with Gasteiger partial charge in [-0.25, -0.2) is 4.79 Å². The predicted molar refractivity (Wildman–Crippen MR) is 107 cm³/mol. The Kier molecular flexibility index (Phi) is 5.85. The molecule has 1 amide bonds. The van der Waals surface area contributed by atoms with Gasteiger partial charge in [-0.05, 0) is 31.3 Å². The molecule has 2 heterocycles. The summed E-state index contributed by atoms with van der Waals surface area (Å²) in [5.41, 5.74) is 0.902. The molecule has 1 N–H and O–H groups in total. The number of amides is 1. The first-order chi connectivity index (χ1) is 12.7. The van der Waals surface area contributed by atoms with Crippen molar-refractivity contribution in [3.8, 4) is 0 Å². The molecule has 1 unspecified atom stereocenters. The fourth-order valence-electron chi connectivity index (χ4n) is 2.95. The lowest BCUT2D eigenvalue weighted by atomic mass is 10.1. The minimum absolute atomic E-state index is 0.0904. The number of carbonyl (C=O) groups excluding carboxylic acids is 2. The summed E-state index contributed by atoms with van der Waals surface area (Å²) in [4.78, 5) is 23.0. The molecular weight excluding hydrogens is 348 g/mol. The zero-order valence-electron chi connectivity index (χ0n) is 14.9. The van der Waals surface area contributed by atoms with E-state index in [1.165, 1.54) is 20.2 Å². The van der Waals surface area contributed by atoms with Crippen molar-refractivity contribution >= 4 is 49.6 Å². The fourth-order valence-corrected chi connectivity index (χ4v) is 4.03. The Morgan fingerprint density at radius 2 is 1.96 bits per heavy atom. The van der Waals surface area contributed by atoms with E-state index in [9.17, 15) is 9.59 Å². The van der Waals surface area contributed by atoms with Crippen LogP contribution in [0.5, 0.6) is 0 Å². The lowest BCUT2D eigenvalue weighted by Crippen LogP contribution is -2.28. The van der Waals surface area contributed by atoms with Crippen LogP contribution in [0.1, 0.15) is 13.3 Å². The molecule has 0 saturated carbocycles. The molecule has 0 aliphatic carbocycles. The molecule has 1 fully saturated rings. The van der Waals surface area contributed by atoms with E-state index in [0.717, 1.165) is 12.0 Å². The quantitative estimate of drug-likeness (QED) is 0.700. The molecule has 0 bridgehead atoms. The van der Waals surface area contributed by atoms with Crippen LogP contribution in [0.4, 0.5) is 10.5 Å². The van der Waals surface area contributed by atoms with Crippen LogP contribution in [-0.2, 0) is 9.53 Å². The zero-order valence-corrected chi connectivity index (χ0v) is 15.7.